The molecule has 2 aromatic carbocycles. The number of benzene rings is 2. The minimum atomic E-state index is -0.581. The highest BCUT2D eigenvalue weighted by atomic mass is 16.5. The average Bonchev–Trinajstić information content (AvgIpc) is 2.51. The fourth-order valence-electron chi connectivity index (χ4n) is 2.07. The number of para-hydroxylation sites is 1. The molecule has 1 atom stereocenters. The van der Waals surface area contributed by atoms with Crippen LogP contribution in [0.25, 0.3) is 0 Å². The Hall–Kier alpha value is -2.49. The van der Waals surface area contributed by atoms with Gasteiger partial charge < -0.3 is 14.8 Å². The van der Waals surface area contributed by atoms with Gasteiger partial charge in [0.25, 0.3) is 5.91 Å². The molecule has 0 saturated carbocycles. The lowest BCUT2D eigenvalue weighted by Gasteiger charge is -2.16. The SMILES string of the molecule is Cc1ccccc1O[C@H](C)C(=O)Nc1ccc(OC(C)C)cc1. The number of amides is 1. The average molecular weight is 313 g/mol. The van der Waals surface area contributed by atoms with Crippen molar-refractivity contribution in [3.8, 4) is 11.5 Å². The maximum absolute atomic E-state index is 12.2. The first-order valence-corrected chi connectivity index (χ1v) is 7.75. The molecule has 1 amide bonds. The van der Waals surface area contributed by atoms with Crippen molar-refractivity contribution in [2.75, 3.05) is 5.32 Å². The van der Waals surface area contributed by atoms with E-state index in [9.17, 15) is 4.79 Å². The number of hydrogen-bond donors (Lipinski definition) is 1. The molecule has 0 aliphatic heterocycles. The van der Waals surface area contributed by atoms with Gasteiger partial charge in [0.15, 0.2) is 6.10 Å². The Morgan fingerprint density at radius 1 is 0.957 bits per heavy atom. The van der Waals surface area contributed by atoms with Crippen LogP contribution in [-0.4, -0.2) is 18.1 Å². The van der Waals surface area contributed by atoms with Crippen molar-refractivity contribution >= 4 is 11.6 Å². The number of rotatable bonds is 6. The van der Waals surface area contributed by atoms with Crippen molar-refractivity contribution in [3.05, 3.63) is 54.1 Å². The number of hydrogen-bond acceptors (Lipinski definition) is 3. The summed E-state index contributed by atoms with van der Waals surface area (Å²) in [6, 6.07) is 14.9. The molecule has 0 bridgehead atoms. The van der Waals surface area contributed by atoms with Gasteiger partial charge in [-0.1, -0.05) is 18.2 Å². The molecule has 2 rings (SSSR count). The van der Waals surface area contributed by atoms with E-state index in [2.05, 4.69) is 5.32 Å². The van der Waals surface area contributed by atoms with Crippen LogP contribution < -0.4 is 14.8 Å². The molecule has 0 saturated heterocycles. The summed E-state index contributed by atoms with van der Waals surface area (Å²) < 4.78 is 11.3. The monoisotopic (exact) mass is 313 g/mol. The highest BCUT2D eigenvalue weighted by Crippen LogP contribution is 2.20. The highest BCUT2D eigenvalue weighted by Gasteiger charge is 2.15. The summed E-state index contributed by atoms with van der Waals surface area (Å²) in [6.45, 7) is 7.63. The summed E-state index contributed by atoms with van der Waals surface area (Å²) in [5.74, 6) is 1.31. The zero-order chi connectivity index (χ0) is 16.8. The summed E-state index contributed by atoms with van der Waals surface area (Å²) in [6.07, 6.45) is -0.458. The van der Waals surface area contributed by atoms with Crippen LogP contribution in [0.15, 0.2) is 48.5 Å². The third-order valence-corrected chi connectivity index (χ3v) is 3.26. The molecule has 4 heteroatoms. The summed E-state index contributed by atoms with van der Waals surface area (Å²) >= 11 is 0. The van der Waals surface area contributed by atoms with Gasteiger partial charge in [-0.25, -0.2) is 0 Å². The molecule has 23 heavy (non-hydrogen) atoms. The molecule has 0 aliphatic rings. The van der Waals surface area contributed by atoms with Crippen molar-refractivity contribution in [2.24, 2.45) is 0 Å². The third-order valence-electron chi connectivity index (χ3n) is 3.26. The van der Waals surface area contributed by atoms with Crippen molar-refractivity contribution in [3.63, 3.8) is 0 Å². The lowest BCUT2D eigenvalue weighted by atomic mass is 10.2. The second-order valence-corrected chi connectivity index (χ2v) is 5.71. The van der Waals surface area contributed by atoms with E-state index in [-0.39, 0.29) is 12.0 Å². The maximum atomic E-state index is 12.2. The summed E-state index contributed by atoms with van der Waals surface area (Å²) in [5.41, 5.74) is 1.72. The zero-order valence-electron chi connectivity index (χ0n) is 14.0. The Morgan fingerprint density at radius 2 is 1.61 bits per heavy atom. The van der Waals surface area contributed by atoms with Crippen LogP contribution in [0.2, 0.25) is 0 Å². The van der Waals surface area contributed by atoms with E-state index in [1.165, 1.54) is 0 Å². The van der Waals surface area contributed by atoms with E-state index in [0.717, 1.165) is 17.1 Å². The van der Waals surface area contributed by atoms with E-state index in [0.29, 0.717) is 5.69 Å². The third kappa shape index (κ3) is 5.02. The molecule has 0 heterocycles. The second kappa shape index (κ2) is 7.68. The number of anilines is 1. The molecule has 1 N–H and O–H groups in total. The Balaban J connectivity index is 1.94. The molecular formula is C19H23NO3. The van der Waals surface area contributed by atoms with Gasteiger partial charge in [-0.2, -0.15) is 0 Å². The van der Waals surface area contributed by atoms with Gasteiger partial charge in [-0.05, 0) is 63.6 Å². The molecule has 0 fully saturated rings. The predicted octanol–water partition coefficient (Wildman–Crippen LogP) is 4.19. The molecular weight excluding hydrogens is 290 g/mol. The minimum absolute atomic E-state index is 0.123. The second-order valence-electron chi connectivity index (χ2n) is 5.71. The number of ether oxygens (including phenoxy) is 2. The highest BCUT2D eigenvalue weighted by molar-refractivity contribution is 5.94. The first-order chi connectivity index (χ1) is 11.0. The van der Waals surface area contributed by atoms with Gasteiger partial charge >= 0.3 is 0 Å². The quantitative estimate of drug-likeness (QED) is 0.870. The first-order valence-electron chi connectivity index (χ1n) is 7.75. The molecule has 0 aromatic heterocycles. The minimum Gasteiger partial charge on any atom is -0.491 e. The van der Waals surface area contributed by atoms with Gasteiger partial charge in [0, 0.05) is 5.69 Å². The van der Waals surface area contributed by atoms with E-state index in [1.54, 1.807) is 6.92 Å². The fourth-order valence-corrected chi connectivity index (χ4v) is 2.07. The lowest BCUT2D eigenvalue weighted by Crippen LogP contribution is -2.30. The van der Waals surface area contributed by atoms with Crippen molar-refractivity contribution in [1.29, 1.82) is 0 Å². The van der Waals surface area contributed by atoms with Gasteiger partial charge in [0.2, 0.25) is 0 Å². The van der Waals surface area contributed by atoms with Crippen LogP contribution in [0.4, 0.5) is 5.69 Å². The van der Waals surface area contributed by atoms with Crippen molar-refractivity contribution < 1.29 is 14.3 Å². The summed E-state index contributed by atoms with van der Waals surface area (Å²) in [7, 11) is 0. The van der Waals surface area contributed by atoms with E-state index in [4.69, 9.17) is 9.47 Å². The fraction of sp³-hybridized carbons (Fsp3) is 0.316. The van der Waals surface area contributed by atoms with Crippen LogP contribution in [0.5, 0.6) is 11.5 Å². The largest absolute Gasteiger partial charge is 0.491 e. The maximum Gasteiger partial charge on any atom is 0.265 e. The molecule has 0 spiro atoms. The van der Waals surface area contributed by atoms with Crippen LogP contribution in [-0.2, 0) is 4.79 Å². The zero-order valence-corrected chi connectivity index (χ0v) is 14.0. The van der Waals surface area contributed by atoms with Gasteiger partial charge in [0.1, 0.15) is 11.5 Å². The van der Waals surface area contributed by atoms with Crippen LogP contribution in [0.1, 0.15) is 26.3 Å². The van der Waals surface area contributed by atoms with Crippen LogP contribution >= 0.6 is 0 Å². The van der Waals surface area contributed by atoms with Crippen LogP contribution in [0, 0.1) is 6.92 Å². The normalized spacial score (nSPS) is 11.9. The van der Waals surface area contributed by atoms with Crippen LogP contribution in [0.3, 0.4) is 0 Å². The molecule has 122 valence electrons. The van der Waals surface area contributed by atoms with Gasteiger partial charge in [-0.3, -0.25) is 4.79 Å². The summed E-state index contributed by atoms with van der Waals surface area (Å²) in [5, 5.41) is 2.84. The molecule has 0 aliphatic carbocycles. The van der Waals surface area contributed by atoms with Crippen molar-refractivity contribution in [1.82, 2.24) is 0 Å². The molecule has 4 nitrogen and oxygen atoms in total. The summed E-state index contributed by atoms with van der Waals surface area (Å²) in [4.78, 5) is 12.2. The Labute approximate surface area is 137 Å². The van der Waals surface area contributed by atoms with E-state index >= 15 is 0 Å². The Kier molecular flexibility index (Phi) is 5.63. The number of aryl methyl sites for hydroxylation is 1. The smallest absolute Gasteiger partial charge is 0.265 e. The predicted molar refractivity (Wildman–Crippen MR) is 92.1 cm³/mol. The molecule has 2 aromatic rings. The lowest BCUT2D eigenvalue weighted by molar-refractivity contribution is -0.122. The van der Waals surface area contributed by atoms with E-state index in [1.807, 2.05) is 69.3 Å². The van der Waals surface area contributed by atoms with Crippen molar-refractivity contribution in [2.45, 2.75) is 39.9 Å². The number of carbonyl (C=O) groups is 1. The molecule has 0 unspecified atom stereocenters. The Bertz CT molecular complexity index is 650. The topological polar surface area (TPSA) is 47.6 Å². The standard InChI is InChI=1S/C19H23NO3/c1-13(2)22-17-11-9-16(10-12-17)20-19(21)15(4)23-18-8-6-5-7-14(18)3/h5-13,15H,1-4H3,(H,20,21)/t15-/m1/s1. The van der Waals surface area contributed by atoms with Gasteiger partial charge in [0.05, 0.1) is 6.10 Å². The number of carbonyl (C=O) groups excluding carboxylic acids is 1. The van der Waals surface area contributed by atoms with Gasteiger partial charge in [-0.15, -0.1) is 0 Å². The first kappa shape index (κ1) is 16.9. The van der Waals surface area contributed by atoms with E-state index < -0.39 is 6.10 Å². The number of nitrogens with one attached hydrogen (secondary N) is 1. The molecule has 0 radical (unpaired) electrons. The Morgan fingerprint density at radius 3 is 2.22 bits per heavy atom.